The van der Waals surface area contributed by atoms with Gasteiger partial charge in [-0.25, -0.2) is 17.9 Å². The number of nitrogens with one attached hydrogen (secondary N) is 2. The quantitative estimate of drug-likeness (QED) is 0.803. The van der Waals surface area contributed by atoms with Crippen molar-refractivity contribution in [2.75, 3.05) is 7.11 Å². The minimum absolute atomic E-state index is 0.0232. The number of sulfonamides is 1. The van der Waals surface area contributed by atoms with Crippen molar-refractivity contribution < 1.29 is 17.9 Å². The van der Waals surface area contributed by atoms with Crippen molar-refractivity contribution in [2.45, 2.75) is 18.5 Å². The van der Waals surface area contributed by atoms with Crippen LogP contribution in [0.2, 0.25) is 5.02 Å². The number of aromatic amines is 1. The number of halogens is 1. The number of esters is 1. The molecular formula is C13H14ClN3O4S. The molecule has 1 aromatic heterocycles. The maximum Gasteiger partial charge on any atom is 0.342 e. The number of benzene rings is 1. The van der Waals surface area contributed by atoms with Crippen LogP contribution < -0.4 is 4.72 Å². The fraction of sp³-hybridized carbons (Fsp3) is 0.231. The maximum atomic E-state index is 12.3. The minimum Gasteiger partial charge on any atom is -0.465 e. The van der Waals surface area contributed by atoms with Crippen LogP contribution in [-0.2, 0) is 21.3 Å². The highest BCUT2D eigenvalue weighted by atomic mass is 35.5. The van der Waals surface area contributed by atoms with Crippen molar-refractivity contribution in [3.8, 4) is 0 Å². The van der Waals surface area contributed by atoms with Crippen LogP contribution >= 0.6 is 11.6 Å². The minimum atomic E-state index is -3.97. The van der Waals surface area contributed by atoms with E-state index >= 15 is 0 Å². The molecular weight excluding hydrogens is 330 g/mol. The van der Waals surface area contributed by atoms with Crippen LogP contribution in [0, 0.1) is 6.92 Å². The van der Waals surface area contributed by atoms with E-state index in [0.29, 0.717) is 16.3 Å². The number of aromatic nitrogens is 2. The molecule has 22 heavy (non-hydrogen) atoms. The molecule has 1 aromatic carbocycles. The smallest absolute Gasteiger partial charge is 0.342 e. The molecule has 0 atom stereocenters. The Balaban J connectivity index is 2.26. The van der Waals surface area contributed by atoms with E-state index in [4.69, 9.17) is 11.6 Å². The molecule has 0 saturated heterocycles. The third kappa shape index (κ3) is 3.46. The summed E-state index contributed by atoms with van der Waals surface area (Å²) < 4.78 is 31.6. The Morgan fingerprint density at radius 3 is 2.82 bits per heavy atom. The van der Waals surface area contributed by atoms with Crippen LogP contribution in [-0.4, -0.2) is 31.7 Å². The zero-order valence-corrected chi connectivity index (χ0v) is 13.5. The van der Waals surface area contributed by atoms with Crippen molar-refractivity contribution in [3.63, 3.8) is 0 Å². The lowest BCUT2D eigenvalue weighted by molar-refractivity contribution is 0.0595. The van der Waals surface area contributed by atoms with E-state index in [2.05, 4.69) is 19.7 Å². The molecule has 2 aromatic rings. The molecule has 9 heteroatoms. The molecule has 0 radical (unpaired) electrons. The van der Waals surface area contributed by atoms with Gasteiger partial charge in [0.05, 0.1) is 7.11 Å². The van der Waals surface area contributed by atoms with Gasteiger partial charge in [-0.3, -0.25) is 5.10 Å². The van der Waals surface area contributed by atoms with Gasteiger partial charge >= 0.3 is 5.97 Å². The normalized spacial score (nSPS) is 11.4. The molecule has 0 spiro atoms. The van der Waals surface area contributed by atoms with Gasteiger partial charge in [-0.15, -0.1) is 0 Å². The number of ether oxygens (including phenoxy) is 1. The lowest BCUT2D eigenvalue weighted by atomic mass is 10.2. The first kappa shape index (κ1) is 16.5. The van der Waals surface area contributed by atoms with Gasteiger partial charge < -0.3 is 4.74 Å². The van der Waals surface area contributed by atoms with Crippen molar-refractivity contribution in [1.82, 2.24) is 14.9 Å². The zero-order valence-electron chi connectivity index (χ0n) is 11.9. The van der Waals surface area contributed by atoms with E-state index in [-0.39, 0.29) is 17.1 Å². The fourth-order valence-electron chi connectivity index (χ4n) is 1.84. The SMILES string of the molecule is COC(=O)c1c(S(=O)(=O)NCc2cccc(Cl)c2)n[nH]c1C. The van der Waals surface area contributed by atoms with E-state index in [1.54, 1.807) is 24.3 Å². The van der Waals surface area contributed by atoms with Gasteiger partial charge in [-0.2, -0.15) is 5.10 Å². The average Bonchev–Trinajstić information content (AvgIpc) is 2.87. The first-order valence-corrected chi connectivity index (χ1v) is 8.08. The number of methoxy groups -OCH3 is 1. The van der Waals surface area contributed by atoms with E-state index in [9.17, 15) is 13.2 Å². The number of carbonyl (C=O) groups is 1. The summed E-state index contributed by atoms with van der Waals surface area (Å²) in [6.45, 7) is 1.56. The molecule has 7 nitrogen and oxygen atoms in total. The second-order valence-electron chi connectivity index (χ2n) is 4.47. The summed E-state index contributed by atoms with van der Waals surface area (Å²) in [7, 11) is -2.80. The Labute approximate surface area is 132 Å². The Bertz CT molecular complexity index is 801. The highest BCUT2D eigenvalue weighted by Crippen LogP contribution is 2.18. The molecule has 0 aliphatic rings. The number of nitrogens with zero attached hydrogens (tertiary/aromatic N) is 1. The predicted octanol–water partition coefficient (Wildman–Crippen LogP) is 1.64. The highest BCUT2D eigenvalue weighted by molar-refractivity contribution is 7.89. The number of H-pyrrole nitrogens is 1. The van der Waals surface area contributed by atoms with Crippen LogP contribution in [0.1, 0.15) is 21.6 Å². The summed E-state index contributed by atoms with van der Waals surface area (Å²) in [6, 6.07) is 6.77. The van der Waals surface area contributed by atoms with Crippen LogP contribution in [0.4, 0.5) is 0 Å². The molecule has 118 valence electrons. The number of rotatable bonds is 5. The van der Waals surface area contributed by atoms with Crippen molar-refractivity contribution in [2.24, 2.45) is 0 Å². The van der Waals surface area contributed by atoms with Gasteiger partial charge in [0.25, 0.3) is 10.0 Å². The highest BCUT2D eigenvalue weighted by Gasteiger charge is 2.28. The van der Waals surface area contributed by atoms with Crippen molar-refractivity contribution >= 4 is 27.6 Å². The number of aryl methyl sites for hydroxylation is 1. The van der Waals surface area contributed by atoms with Crippen LogP contribution in [0.3, 0.4) is 0 Å². The van der Waals surface area contributed by atoms with E-state index in [0.717, 1.165) is 0 Å². The molecule has 2 rings (SSSR count). The summed E-state index contributed by atoms with van der Waals surface area (Å²) in [5.41, 5.74) is 0.888. The molecule has 0 amide bonds. The summed E-state index contributed by atoms with van der Waals surface area (Å²) in [5.74, 6) is -0.769. The van der Waals surface area contributed by atoms with Crippen LogP contribution in [0.25, 0.3) is 0 Å². The second kappa shape index (κ2) is 6.47. The number of hydrogen-bond acceptors (Lipinski definition) is 5. The summed E-state index contributed by atoms with van der Waals surface area (Å²) in [5, 5.41) is 6.27. The first-order valence-electron chi connectivity index (χ1n) is 6.22. The molecule has 0 fully saturated rings. The Kier molecular flexibility index (Phi) is 4.84. The van der Waals surface area contributed by atoms with Gasteiger partial charge in [-0.05, 0) is 24.6 Å². The van der Waals surface area contributed by atoms with Crippen LogP contribution in [0.5, 0.6) is 0 Å². The molecule has 0 aliphatic carbocycles. The molecule has 1 heterocycles. The second-order valence-corrected chi connectivity index (χ2v) is 6.59. The summed E-state index contributed by atoms with van der Waals surface area (Å²) in [6.07, 6.45) is 0. The van der Waals surface area contributed by atoms with Crippen molar-refractivity contribution in [3.05, 3.63) is 46.1 Å². The Hall–Kier alpha value is -1.90. The van der Waals surface area contributed by atoms with Gasteiger partial charge in [0.15, 0.2) is 0 Å². The monoisotopic (exact) mass is 343 g/mol. The third-order valence-corrected chi connectivity index (χ3v) is 4.48. The molecule has 0 saturated carbocycles. The average molecular weight is 344 g/mol. The van der Waals surface area contributed by atoms with E-state index in [1.807, 2.05) is 0 Å². The Morgan fingerprint density at radius 2 is 2.18 bits per heavy atom. The molecule has 0 bridgehead atoms. The largest absolute Gasteiger partial charge is 0.465 e. The predicted molar refractivity (Wildman–Crippen MR) is 80.1 cm³/mol. The zero-order chi connectivity index (χ0) is 16.3. The first-order chi connectivity index (χ1) is 10.3. The maximum absolute atomic E-state index is 12.3. The standard InChI is InChI=1S/C13H14ClN3O4S/c1-8-11(13(18)21-2)12(17-16-8)22(19,20)15-7-9-4-3-5-10(14)6-9/h3-6,15H,7H2,1-2H3,(H,16,17). The third-order valence-electron chi connectivity index (χ3n) is 2.91. The van der Waals surface area contributed by atoms with E-state index in [1.165, 1.54) is 14.0 Å². The fourth-order valence-corrected chi connectivity index (χ4v) is 3.21. The van der Waals surface area contributed by atoms with Gasteiger partial charge in [0, 0.05) is 17.3 Å². The summed E-state index contributed by atoms with van der Waals surface area (Å²) >= 11 is 5.85. The molecule has 2 N–H and O–H groups in total. The van der Waals surface area contributed by atoms with E-state index < -0.39 is 16.0 Å². The lowest BCUT2D eigenvalue weighted by Crippen LogP contribution is -2.25. The molecule has 0 unspecified atom stereocenters. The summed E-state index contributed by atoms with van der Waals surface area (Å²) in [4.78, 5) is 11.7. The van der Waals surface area contributed by atoms with Crippen molar-refractivity contribution in [1.29, 1.82) is 0 Å². The topological polar surface area (TPSA) is 101 Å². The van der Waals surface area contributed by atoms with Gasteiger partial charge in [-0.1, -0.05) is 23.7 Å². The molecule has 0 aliphatic heterocycles. The Morgan fingerprint density at radius 1 is 1.45 bits per heavy atom. The van der Waals surface area contributed by atoms with Gasteiger partial charge in [0.1, 0.15) is 5.56 Å². The number of carbonyl (C=O) groups excluding carboxylic acids is 1. The van der Waals surface area contributed by atoms with Crippen LogP contribution in [0.15, 0.2) is 29.3 Å². The number of hydrogen-bond donors (Lipinski definition) is 2. The van der Waals surface area contributed by atoms with Gasteiger partial charge in [0.2, 0.25) is 5.03 Å². The lowest BCUT2D eigenvalue weighted by Gasteiger charge is -2.06.